The highest BCUT2D eigenvalue weighted by molar-refractivity contribution is 5.73. The van der Waals surface area contributed by atoms with E-state index in [1.54, 1.807) is 20.8 Å². The van der Waals surface area contributed by atoms with Crippen LogP contribution in [0.15, 0.2) is 54.6 Å². The standard InChI is InChI=1S/C21H24NO4/c1-21(2,3)26-20(24)22-18(14-23)13-16-9-11-19(12-10-16)25-15-17-7-5-4-6-8-17/h4-12,18H,13,15H2,1-3H3,(H,22,24)/t18-/m0/s1. The topological polar surface area (TPSA) is 64.6 Å². The molecule has 0 unspecified atom stereocenters. The Morgan fingerprint density at radius 3 is 2.27 bits per heavy atom. The Balaban J connectivity index is 1.86. The molecule has 5 heteroatoms. The molecule has 5 nitrogen and oxygen atoms in total. The lowest BCUT2D eigenvalue weighted by Gasteiger charge is -2.21. The summed E-state index contributed by atoms with van der Waals surface area (Å²) in [4.78, 5) is 22.9. The zero-order valence-corrected chi connectivity index (χ0v) is 15.3. The van der Waals surface area contributed by atoms with Gasteiger partial charge in [0, 0.05) is 6.42 Å². The predicted molar refractivity (Wildman–Crippen MR) is 99.8 cm³/mol. The van der Waals surface area contributed by atoms with Gasteiger partial charge in [0.25, 0.3) is 0 Å². The first-order valence-corrected chi connectivity index (χ1v) is 8.48. The molecule has 1 atom stereocenters. The second-order valence-electron chi connectivity index (χ2n) is 6.94. The van der Waals surface area contributed by atoms with E-state index in [-0.39, 0.29) is 0 Å². The van der Waals surface area contributed by atoms with Crippen molar-refractivity contribution in [3.05, 3.63) is 65.7 Å². The summed E-state index contributed by atoms with van der Waals surface area (Å²) in [5.74, 6) is 0.740. The molecule has 0 aliphatic carbocycles. The van der Waals surface area contributed by atoms with Crippen LogP contribution < -0.4 is 10.1 Å². The van der Waals surface area contributed by atoms with Gasteiger partial charge >= 0.3 is 6.09 Å². The van der Waals surface area contributed by atoms with Crippen LogP contribution in [-0.2, 0) is 22.6 Å². The molecular weight excluding hydrogens is 330 g/mol. The van der Waals surface area contributed by atoms with Crippen LogP contribution in [0.4, 0.5) is 4.79 Å². The fraction of sp³-hybridized carbons (Fsp3) is 0.333. The highest BCUT2D eigenvalue weighted by Gasteiger charge is 2.19. The van der Waals surface area contributed by atoms with Gasteiger partial charge in [0.1, 0.15) is 24.0 Å². The Hall–Kier alpha value is -2.82. The fourth-order valence-corrected chi connectivity index (χ4v) is 2.27. The van der Waals surface area contributed by atoms with Gasteiger partial charge in [-0.3, -0.25) is 4.79 Å². The summed E-state index contributed by atoms with van der Waals surface area (Å²) in [6.07, 6.45) is 1.54. The van der Waals surface area contributed by atoms with E-state index in [0.29, 0.717) is 13.0 Å². The maximum Gasteiger partial charge on any atom is 0.408 e. The van der Waals surface area contributed by atoms with Crippen molar-refractivity contribution >= 4 is 12.4 Å². The van der Waals surface area contributed by atoms with Crippen LogP contribution in [-0.4, -0.2) is 24.0 Å². The van der Waals surface area contributed by atoms with Crippen molar-refractivity contribution in [3.63, 3.8) is 0 Å². The minimum Gasteiger partial charge on any atom is -0.489 e. The molecule has 0 aliphatic rings. The normalized spacial score (nSPS) is 12.1. The number of hydrogen-bond acceptors (Lipinski definition) is 4. The lowest BCUT2D eigenvalue weighted by Crippen LogP contribution is -2.41. The van der Waals surface area contributed by atoms with Crippen LogP contribution in [0.2, 0.25) is 0 Å². The van der Waals surface area contributed by atoms with Gasteiger partial charge in [-0.15, -0.1) is 0 Å². The zero-order valence-electron chi connectivity index (χ0n) is 15.3. The maximum atomic E-state index is 11.8. The van der Waals surface area contributed by atoms with Crippen LogP contribution in [0.1, 0.15) is 31.9 Å². The molecule has 0 heterocycles. The SMILES string of the molecule is CC(C)(C)OC(=O)N[C@H]([C]=O)Cc1ccc(OCc2ccccc2)cc1. The van der Waals surface area contributed by atoms with E-state index < -0.39 is 17.7 Å². The van der Waals surface area contributed by atoms with E-state index in [4.69, 9.17) is 9.47 Å². The summed E-state index contributed by atoms with van der Waals surface area (Å²) in [5.41, 5.74) is 1.37. The summed E-state index contributed by atoms with van der Waals surface area (Å²) in [5, 5.41) is 2.52. The number of ether oxygens (including phenoxy) is 2. The zero-order chi connectivity index (χ0) is 19.0. The molecule has 26 heavy (non-hydrogen) atoms. The van der Waals surface area contributed by atoms with Gasteiger partial charge in [0.2, 0.25) is 6.29 Å². The van der Waals surface area contributed by atoms with Crippen LogP contribution in [0.3, 0.4) is 0 Å². The van der Waals surface area contributed by atoms with Crippen molar-refractivity contribution in [1.29, 1.82) is 0 Å². The van der Waals surface area contributed by atoms with Crippen molar-refractivity contribution in [2.24, 2.45) is 0 Å². The lowest BCUT2D eigenvalue weighted by molar-refractivity contribution is 0.0517. The molecule has 0 spiro atoms. The molecule has 0 bridgehead atoms. The summed E-state index contributed by atoms with van der Waals surface area (Å²) in [6.45, 7) is 5.78. The van der Waals surface area contributed by atoms with Gasteiger partial charge in [-0.2, -0.15) is 0 Å². The number of alkyl carbamates (subject to hydrolysis) is 1. The summed E-state index contributed by atoms with van der Waals surface area (Å²) in [7, 11) is 0. The molecule has 0 fully saturated rings. The first-order valence-electron chi connectivity index (χ1n) is 8.48. The molecule has 1 amide bonds. The number of rotatable bonds is 7. The van der Waals surface area contributed by atoms with E-state index in [1.807, 2.05) is 60.9 Å². The number of carbonyl (C=O) groups is 1. The maximum absolute atomic E-state index is 11.8. The van der Waals surface area contributed by atoms with Gasteiger partial charge < -0.3 is 14.8 Å². The van der Waals surface area contributed by atoms with Crippen molar-refractivity contribution in [1.82, 2.24) is 5.32 Å². The van der Waals surface area contributed by atoms with Gasteiger partial charge in [-0.25, -0.2) is 4.79 Å². The van der Waals surface area contributed by atoms with Gasteiger partial charge in [-0.05, 0) is 44.0 Å². The van der Waals surface area contributed by atoms with Crippen molar-refractivity contribution in [2.75, 3.05) is 0 Å². The third-order valence-corrected chi connectivity index (χ3v) is 3.44. The first-order chi connectivity index (χ1) is 12.4. The van der Waals surface area contributed by atoms with Gasteiger partial charge in [0.15, 0.2) is 0 Å². The number of hydrogen-bond donors (Lipinski definition) is 1. The number of carbonyl (C=O) groups excluding carboxylic acids is 2. The monoisotopic (exact) mass is 354 g/mol. The van der Waals surface area contributed by atoms with E-state index in [9.17, 15) is 9.59 Å². The Kier molecular flexibility index (Phi) is 6.78. The van der Waals surface area contributed by atoms with Crippen LogP contribution >= 0.6 is 0 Å². The average Bonchev–Trinajstić information content (AvgIpc) is 2.60. The van der Waals surface area contributed by atoms with E-state index in [2.05, 4.69) is 5.32 Å². The van der Waals surface area contributed by atoms with Crippen LogP contribution in [0.5, 0.6) is 5.75 Å². The summed E-state index contributed by atoms with van der Waals surface area (Å²) in [6, 6.07) is 16.5. The molecule has 2 aromatic carbocycles. The van der Waals surface area contributed by atoms with E-state index >= 15 is 0 Å². The van der Waals surface area contributed by atoms with Crippen LogP contribution in [0, 0.1) is 0 Å². The van der Waals surface area contributed by atoms with Crippen molar-refractivity contribution < 1.29 is 19.1 Å². The minimum absolute atomic E-state index is 0.335. The third kappa shape index (κ3) is 6.97. The van der Waals surface area contributed by atoms with E-state index in [0.717, 1.165) is 16.9 Å². The van der Waals surface area contributed by atoms with Crippen molar-refractivity contribution in [3.8, 4) is 5.75 Å². The molecular formula is C21H24NO4. The fourth-order valence-electron chi connectivity index (χ4n) is 2.27. The molecule has 2 rings (SSSR count). The third-order valence-electron chi connectivity index (χ3n) is 3.44. The van der Waals surface area contributed by atoms with Gasteiger partial charge in [0.05, 0.1) is 0 Å². The predicted octanol–water partition coefficient (Wildman–Crippen LogP) is 3.81. The average molecular weight is 354 g/mol. The minimum atomic E-state index is -0.763. The Morgan fingerprint density at radius 2 is 1.69 bits per heavy atom. The smallest absolute Gasteiger partial charge is 0.408 e. The first kappa shape index (κ1) is 19.5. The highest BCUT2D eigenvalue weighted by atomic mass is 16.6. The molecule has 0 aromatic heterocycles. The molecule has 1 radical (unpaired) electrons. The highest BCUT2D eigenvalue weighted by Crippen LogP contribution is 2.15. The quantitative estimate of drug-likeness (QED) is 0.821. The largest absolute Gasteiger partial charge is 0.489 e. The molecule has 137 valence electrons. The molecule has 0 saturated heterocycles. The molecule has 1 N–H and O–H groups in total. The van der Waals surface area contributed by atoms with Crippen molar-refractivity contribution in [2.45, 2.75) is 45.4 Å². The number of nitrogens with one attached hydrogen (secondary N) is 1. The van der Waals surface area contributed by atoms with Crippen LogP contribution in [0.25, 0.3) is 0 Å². The second-order valence-corrected chi connectivity index (χ2v) is 6.94. The Morgan fingerprint density at radius 1 is 1.04 bits per heavy atom. The molecule has 0 saturated carbocycles. The Labute approximate surface area is 154 Å². The second kappa shape index (κ2) is 9.04. The number of benzene rings is 2. The lowest BCUT2D eigenvalue weighted by atomic mass is 10.1. The van der Waals surface area contributed by atoms with E-state index in [1.165, 1.54) is 0 Å². The molecule has 0 aliphatic heterocycles. The Bertz CT molecular complexity index is 705. The molecule has 2 aromatic rings. The number of amides is 1. The summed E-state index contributed by atoms with van der Waals surface area (Å²) >= 11 is 0. The van der Waals surface area contributed by atoms with Gasteiger partial charge in [-0.1, -0.05) is 42.5 Å². The summed E-state index contributed by atoms with van der Waals surface area (Å²) < 4.78 is 10.9.